The molecule has 0 aliphatic carbocycles. The lowest BCUT2D eigenvalue weighted by atomic mass is 9.81. The fraction of sp³-hybridized carbons (Fsp3) is 0.421. The Morgan fingerprint density at radius 1 is 1.32 bits per heavy atom. The molecule has 1 aromatic heterocycles. The van der Waals surface area contributed by atoms with E-state index in [9.17, 15) is 4.79 Å². The third-order valence-corrected chi connectivity index (χ3v) is 5.42. The predicted octanol–water partition coefficient (Wildman–Crippen LogP) is 2.83. The second-order valence-electron chi connectivity index (χ2n) is 6.47. The molecule has 0 unspecified atom stereocenters. The van der Waals surface area contributed by atoms with E-state index in [1.54, 1.807) is 0 Å². The summed E-state index contributed by atoms with van der Waals surface area (Å²) in [5.74, 6) is 3.18. The molecule has 0 saturated carbocycles. The van der Waals surface area contributed by atoms with Gasteiger partial charge in [0, 0.05) is 30.1 Å². The number of fused-ring (bicyclic) bond motifs is 6. The van der Waals surface area contributed by atoms with Crippen LogP contribution in [0.4, 0.5) is 0 Å². The van der Waals surface area contributed by atoms with Crippen molar-refractivity contribution in [1.82, 2.24) is 9.47 Å². The molecule has 2 aliphatic rings. The van der Waals surface area contributed by atoms with Crippen LogP contribution in [0.5, 0.6) is 0 Å². The zero-order valence-corrected chi connectivity index (χ0v) is 13.0. The monoisotopic (exact) mass is 292 g/mol. The summed E-state index contributed by atoms with van der Waals surface area (Å²) in [5, 5.41) is 1.29. The van der Waals surface area contributed by atoms with E-state index in [1.807, 2.05) is 6.92 Å². The minimum Gasteiger partial charge on any atom is -0.346 e. The van der Waals surface area contributed by atoms with Crippen molar-refractivity contribution in [3.8, 4) is 12.3 Å². The third kappa shape index (κ3) is 1.65. The first kappa shape index (κ1) is 13.6. The standard InChI is InChI=1S/C19H20N2O/c1-4-12(2)21-16-9-10-18(22)17(21)11-14-13-7-5-6-8-15(13)20(3)19(14)16/h1,5-8,12,16-17H,9-11H2,2-3H3/t12-,16-,17-/m0/s1. The number of para-hydroxylation sites is 1. The molecule has 0 radical (unpaired) electrons. The minimum atomic E-state index is -0.0527. The smallest absolute Gasteiger partial charge is 0.150 e. The SMILES string of the molecule is C#C[C@H](C)N1[C@H]2Cc3c(n(C)c4ccccc34)[C@@H]1CCC2=O. The molecule has 3 heterocycles. The molecule has 3 atom stereocenters. The lowest BCUT2D eigenvalue weighted by molar-refractivity contribution is -0.131. The largest absolute Gasteiger partial charge is 0.346 e. The Bertz CT molecular complexity index is 811. The van der Waals surface area contributed by atoms with E-state index < -0.39 is 0 Å². The highest BCUT2D eigenvalue weighted by Crippen LogP contribution is 2.44. The van der Waals surface area contributed by atoms with Crippen LogP contribution in [0.2, 0.25) is 0 Å². The van der Waals surface area contributed by atoms with Crippen LogP contribution in [0.15, 0.2) is 24.3 Å². The van der Waals surface area contributed by atoms with Gasteiger partial charge in [-0.2, -0.15) is 0 Å². The van der Waals surface area contributed by atoms with Crippen LogP contribution < -0.4 is 0 Å². The van der Waals surface area contributed by atoms with Crippen molar-refractivity contribution < 1.29 is 4.79 Å². The van der Waals surface area contributed by atoms with E-state index in [4.69, 9.17) is 6.42 Å². The number of aromatic nitrogens is 1. The molecule has 0 amide bonds. The van der Waals surface area contributed by atoms with Gasteiger partial charge in [0.25, 0.3) is 0 Å². The number of Topliss-reactive ketones (excluding diaryl/α,β-unsaturated/α-hetero) is 1. The van der Waals surface area contributed by atoms with Crippen LogP contribution in [0.25, 0.3) is 10.9 Å². The Kier molecular flexibility index (Phi) is 2.92. The van der Waals surface area contributed by atoms with E-state index in [2.05, 4.69) is 46.7 Å². The molecule has 3 nitrogen and oxygen atoms in total. The number of rotatable bonds is 1. The summed E-state index contributed by atoms with van der Waals surface area (Å²) in [6, 6.07) is 8.69. The number of nitrogens with zero attached hydrogens (tertiary/aromatic N) is 2. The summed E-state index contributed by atoms with van der Waals surface area (Å²) in [6.07, 6.45) is 8.01. The van der Waals surface area contributed by atoms with Gasteiger partial charge in [0.05, 0.1) is 18.1 Å². The van der Waals surface area contributed by atoms with E-state index in [0.29, 0.717) is 12.2 Å². The van der Waals surface area contributed by atoms with Crippen molar-refractivity contribution in [3.63, 3.8) is 0 Å². The van der Waals surface area contributed by atoms with Crippen molar-refractivity contribution in [2.24, 2.45) is 7.05 Å². The fourth-order valence-electron chi connectivity index (χ4n) is 4.43. The molecular formula is C19H20N2O. The molecular weight excluding hydrogens is 272 g/mol. The molecule has 1 saturated heterocycles. The molecule has 1 fully saturated rings. The molecule has 3 heteroatoms. The van der Waals surface area contributed by atoms with Crippen LogP contribution in [0, 0.1) is 12.3 Å². The number of piperidine rings is 1. The highest BCUT2D eigenvalue weighted by Gasteiger charge is 2.45. The number of terminal acetylenes is 1. The molecule has 2 bridgehead atoms. The molecule has 0 N–H and O–H groups in total. The fourth-order valence-corrected chi connectivity index (χ4v) is 4.43. The number of ketones is 1. The number of benzene rings is 1. The van der Waals surface area contributed by atoms with E-state index in [-0.39, 0.29) is 18.1 Å². The average Bonchev–Trinajstić information content (AvgIpc) is 2.83. The summed E-state index contributed by atoms with van der Waals surface area (Å²) in [7, 11) is 2.14. The van der Waals surface area contributed by atoms with Gasteiger partial charge in [0.15, 0.2) is 0 Å². The molecule has 2 aliphatic heterocycles. The Morgan fingerprint density at radius 2 is 2.09 bits per heavy atom. The highest BCUT2D eigenvalue weighted by atomic mass is 16.1. The first-order valence-electron chi connectivity index (χ1n) is 7.96. The summed E-state index contributed by atoms with van der Waals surface area (Å²) < 4.78 is 2.30. The van der Waals surface area contributed by atoms with Gasteiger partial charge >= 0.3 is 0 Å². The molecule has 0 spiro atoms. The average molecular weight is 292 g/mol. The number of hydrogen-bond acceptors (Lipinski definition) is 2. The van der Waals surface area contributed by atoms with Crippen LogP contribution in [-0.2, 0) is 18.3 Å². The molecule has 22 heavy (non-hydrogen) atoms. The normalized spacial score (nSPS) is 25.8. The van der Waals surface area contributed by atoms with Gasteiger partial charge in [-0.3, -0.25) is 9.69 Å². The van der Waals surface area contributed by atoms with Crippen LogP contribution >= 0.6 is 0 Å². The Hall–Kier alpha value is -2.05. The van der Waals surface area contributed by atoms with E-state index >= 15 is 0 Å². The number of aryl methyl sites for hydroxylation is 1. The lowest BCUT2D eigenvalue weighted by Crippen LogP contribution is -2.55. The van der Waals surface area contributed by atoms with Gasteiger partial charge in [-0.05, 0) is 31.4 Å². The topological polar surface area (TPSA) is 25.2 Å². The summed E-state index contributed by atoms with van der Waals surface area (Å²) in [5.41, 5.74) is 3.95. The maximum absolute atomic E-state index is 12.5. The summed E-state index contributed by atoms with van der Waals surface area (Å²) >= 11 is 0. The van der Waals surface area contributed by atoms with E-state index in [0.717, 1.165) is 12.8 Å². The molecule has 4 rings (SSSR count). The van der Waals surface area contributed by atoms with Gasteiger partial charge < -0.3 is 4.57 Å². The summed E-state index contributed by atoms with van der Waals surface area (Å²) in [4.78, 5) is 14.7. The van der Waals surface area contributed by atoms with E-state index in [1.165, 1.54) is 22.2 Å². The van der Waals surface area contributed by atoms with Crippen molar-refractivity contribution >= 4 is 16.7 Å². The lowest BCUT2D eigenvalue weighted by Gasteiger charge is -2.47. The zero-order valence-electron chi connectivity index (χ0n) is 13.0. The second-order valence-corrected chi connectivity index (χ2v) is 6.47. The van der Waals surface area contributed by atoms with Crippen LogP contribution in [-0.4, -0.2) is 27.3 Å². The second kappa shape index (κ2) is 4.72. The van der Waals surface area contributed by atoms with Crippen molar-refractivity contribution in [3.05, 3.63) is 35.5 Å². The third-order valence-electron chi connectivity index (χ3n) is 5.42. The van der Waals surface area contributed by atoms with Crippen molar-refractivity contribution in [2.45, 2.75) is 44.3 Å². The number of hydrogen-bond donors (Lipinski definition) is 0. The Labute approximate surface area is 130 Å². The Balaban J connectivity index is 1.97. The molecule has 2 aromatic rings. The predicted molar refractivity (Wildman–Crippen MR) is 87.5 cm³/mol. The maximum Gasteiger partial charge on any atom is 0.150 e. The Morgan fingerprint density at radius 3 is 2.86 bits per heavy atom. The zero-order chi connectivity index (χ0) is 15.4. The maximum atomic E-state index is 12.5. The number of carbonyl (C=O) groups is 1. The quantitative estimate of drug-likeness (QED) is 0.755. The van der Waals surface area contributed by atoms with Crippen molar-refractivity contribution in [2.75, 3.05) is 0 Å². The minimum absolute atomic E-state index is 0.00888. The van der Waals surface area contributed by atoms with Crippen LogP contribution in [0.1, 0.15) is 37.1 Å². The first-order chi connectivity index (χ1) is 10.6. The summed E-state index contributed by atoms with van der Waals surface area (Å²) in [6.45, 7) is 2.03. The van der Waals surface area contributed by atoms with Gasteiger partial charge in [0.1, 0.15) is 5.78 Å². The highest BCUT2D eigenvalue weighted by molar-refractivity contribution is 5.90. The van der Waals surface area contributed by atoms with Gasteiger partial charge in [0.2, 0.25) is 0 Å². The van der Waals surface area contributed by atoms with Gasteiger partial charge in [-0.15, -0.1) is 6.42 Å². The molecule has 112 valence electrons. The molecule has 1 aromatic carbocycles. The first-order valence-corrected chi connectivity index (χ1v) is 7.96. The van der Waals surface area contributed by atoms with Crippen LogP contribution in [0.3, 0.4) is 0 Å². The number of carbonyl (C=O) groups excluding carboxylic acids is 1. The van der Waals surface area contributed by atoms with Crippen molar-refractivity contribution in [1.29, 1.82) is 0 Å². The van der Waals surface area contributed by atoms with Gasteiger partial charge in [-0.25, -0.2) is 0 Å². The van der Waals surface area contributed by atoms with Gasteiger partial charge in [-0.1, -0.05) is 24.1 Å².